The molecule has 2 N–H and O–H groups in total. The fourth-order valence-corrected chi connectivity index (χ4v) is 3.33. The van der Waals surface area contributed by atoms with Crippen LogP contribution in [0, 0.1) is 12.8 Å². The average molecular weight is 303 g/mol. The molecule has 1 aromatic rings. The van der Waals surface area contributed by atoms with Crippen LogP contribution in [0.3, 0.4) is 0 Å². The lowest BCUT2D eigenvalue weighted by molar-refractivity contribution is -0.153. The van der Waals surface area contributed by atoms with Crippen molar-refractivity contribution in [2.75, 3.05) is 13.1 Å². The van der Waals surface area contributed by atoms with Crippen LogP contribution in [-0.4, -0.2) is 46.2 Å². The highest BCUT2D eigenvalue weighted by Gasteiger charge is 2.53. The third-order valence-electron chi connectivity index (χ3n) is 4.95. The number of β-amino-alcohol motifs (C(OH)–C–C–N with tert-alkyl or cyclic N) is 1. The number of hydrogen-bond acceptors (Lipinski definition) is 3. The van der Waals surface area contributed by atoms with Gasteiger partial charge >= 0.3 is 5.97 Å². The minimum Gasteiger partial charge on any atom is -0.481 e. The first-order chi connectivity index (χ1) is 10.4. The molecule has 118 valence electrons. The van der Waals surface area contributed by atoms with Crippen LogP contribution in [0.25, 0.3) is 0 Å². The zero-order valence-corrected chi connectivity index (χ0v) is 12.7. The summed E-state index contributed by atoms with van der Waals surface area (Å²) < 4.78 is 0. The summed E-state index contributed by atoms with van der Waals surface area (Å²) in [7, 11) is 0. The van der Waals surface area contributed by atoms with Gasteiger partial charge < -0.3 is 15.1 Å². The van der Waals surface area contributed by atoms with Crippen LogP contribution in [0.1, 0.15) is 30.4 Å². The lowest BCUT2D eigenvalue weighted by Crippen LogP contribution is -2.51. The van der Waals surface area contributed by atoms with Crippen molar-refractivity contribution in [3.63, 3.8) is 0 Å². The zero-order valence-electron chi connectivity index (χ0n) is 12.7. The quantitative estimate of drug-likeness (QED) is 0.883. The molecule has 1 aliphatic carbocycles. The second-order valence-corrected chi connectivity index (χ2v) is 6.50. The molecule has 1 saturated heterocycles. The first-order valence-corrected chi connectivity index (χ1v) is 7.71. The Balaban J connectivity index is 1.75. The largest absolute Gasteiger partial charge is 0.481 e. The number of nitrogens with zero attached hydrogens (tertiary/aromatic N) is 1. The minimum atomic E-state index is -0.987. The Bertz CT molecular complexity index is 591. The van der Waals surface area contributed by atoms with Gasteiger partial charge in [-0.15, -0.1) is 0 Å². The number of piperidine rings is 1. The maximum atomic E-state index is 12.9. The van der Waals surface area contributed by atoms with Crippen LogP contribution in [0.5, 0.6) is 0 Å². The Morgan fingerprint density at radius 3 is 2.36 bits per heavy atom. The number of likely N-dealkylation sites (tertiary alicyclic amines) is 1. The molecule has 3 rings (SSSR count). The molecule has 1 aliphatic heterocycles. The number of carboxylic acid groups (broad SMARTS) is 1. The average Bonchev–Trinajstić information content (AvgIpc) is 3.28. The summed E-state index contributed by atoms with van der Waals surface area (Å²) in [6.45, 7) is 2.53. The SMILES string of the molecule is Cc1ccc(C2(C(=O)N3CC[C@H](C(=O)O)[C@H](O)C3)CC2)cc1. The second-order valence-electron chi connectivity index (χ2n) is 6.50. The highest BCUT2D eigenvalue weighted by Crippen LogP contribution is 2.50. The van der Waals surface area contributed by atoms with Gasteiger partial charge in [0.15, 0.2) is 0 Å². The molecular formula is C17H21NO4. The Kier molecular flexibility index (Phi) is 3.68. The number of amides is 1. The minimum absolute atomic E-state index is 0.0271. The van der Waals surface area contributed by atoms with Crippen molar-refractivity contribution in [1.82, 2.24) is 4.90 Å². The second kappa shape index (κ2) is 5.39. The Labute approximate surface area is 129 Å². The van der Waals surface area contributed by atoms with E-state index in [0.717, 1.165) is 24.0 Å². The van der Waals surface area contributed by atoms with Gasteiger partial charge in [0.05, 0.1) is 17.4 Å². The van der Waals surface area contributed by atoms with E-state index in [1.165, 1.54) is 0 Å². The topological polar surface area (TPSA) is 77.8 Å². The molecular weight excluding hydrogens is 282 g/mol. The number of benzene rings is 1. The van der Waals surface area contributed by atoms with Gasteiger partial charge in [-0.3, -0.25) is 9.59 Å². The van der Waals surface area contributed by atoms with Crippen LogP contribution in [0.4, 0.5) is 0 Å². The van der Waals surface area contributed by atoms with E-state index in [4.69, 9.17) is 5.11 Å². The Morgan fingerprint density at radius 1 is 1.23 bits per heavy atom. The van der Waals surface area contributed by atoms with Crippen molar-refractivity contribution >= 4 is 11.9 Å². The van der Waals surface area contributed by atoms with Crippen molar-refractivity contribution in [3.05, 3.63) is 35.4 Å². The van der Waals surface area contributed by atoms with Gasteiger partial charge in [0.1, 0.15) is 0 Å². The molecule has 1 aromatic carbocycles. The van der Waals surface area contributed by atoms with Crippen LogP contribution in [0.15, 0.2) is 24.3 Å². The van der Waals surface area contributed by atoms with Crippen molar-refractivity contribution in [3.8, 4) is 0 Å². The van der Waals surface area contributed by atoms with Gasteiger partial charge in [-0.05, 0) is 31.7 Å². The van der Waals surface area contributed by atoms with E-state index in [9.17, 15) is 14.7 Å². The standard InChI is InChI=1S/C17H21NO4/c1-11-2-4-12(5-3-11)17(7-8-17)16(22)18-9-6-13(15(20)21)14(19)10-18/h2-5,13-14,19H,6-10H2,1H3,(H,20,21)/t13-,14+/m0/s1. The van der Waals surface area contributed by atoms with Crippen LogP contribution < -0.4 is 0 Å². The number of carbonyl (C=O) groups is 2. The molecule has 5 nitrogen and oxygen atoms in total. The zero-order chi connectivity index (χ0) is 15.9. The van der Waals surface area contributed by atoms with Gasteiger partial charge in [0, 0.05) is 13.1 Å². The lowest BCUT2D eigenvalue weighted by Gasteiger charge is -2.36. The van der Waals surface area contributed by atoms with E-state index in [1.807, 2.05) is 31.2 Å². The summed E-state index contributed by atoms with van der Waals surface area (Å²) in [5.41, 5.74) is 1.73. The summed E-state index contributed by atoms with van der Waals surface area (Å²) in [6.07, 6.45) is 0.976. The predicted molar refractivity (Wildman–Crippen MR) is 80.4 cm³/mol. The maximum Gasteiger partial charge on any atom is 0.309 e. The lowest BCUT2D eigenvalue weighted by atomic mass is 9.90. The normalized spacial score (nSPS) is 26.5. The van der Waals surface area contributed by atoms with Gasteiger partial charge in [0.25, 0.3) is 0 Å². The van der Waals surface area contributed by atoms with Crippen LogP contribution in [-0.2, 0) is 15.0 Å². The van der Waals surface area contributed by atoms with Gasteiger partial charge in [-0.25, -0.2) is 0 Å². The number of aliphatic hydroxyl groups is 1. The number of carbonyl (C=O) groups excluding carboxylic acids is 1. The van der Waals surface area contributed by atoms with Crippen molar-refractivity contribution < 1.29 is 19.8 Å². The molecule has 2 atom stereocenters. The summed E-state index contributed by atoms with van der Waals surface area (Å²) in [4.78, 5) is 25.5. The fraction of sp³-hybridized carbons (Fsp3) is 0.529. The van der Waals surface area contributed by atoms with Crippen LogP contribution >= 0.6 is 0 Å². The van der Waals surface area contributed by atoms with Gasteiger partial charge in [-0.2, -0.15) is 0 Å². The van der Waals surface area contributed by atoms with Gasteiger partial charge in [0.2, 0.25) is 5.91 Å². The number of aliphatic carboxylic acids is 1. The molecule has 1 amide bonds. The molecule has 1 heterocycles. The molecule has 1 saturated carbocycles. The molecule has 2 aliphatic rings. The molecule has 22 heavy (non-hydrogen) atoms. The molecule has 0 spiro atoms. The third kappa shape index (κ3) is 2.50. The fourth-order valence-electron chi connectivity index (χ4n) is 3.33. The van der Waals surface area contributed by atoms with Crippen molar-refractivity contribution in [2.45, 2.75) is 37.7 Å². The Hall–Kier alpha value is -1.88. The summed E-state index contributed by atoms with van der Waals surface area (Å²) in [6, 6.07) is 8.02. The first kappa shape index (κ1) is 15.0. The van der Waals surface area contributed by atoms with E-state index in [0.29, 0.717) is 13.0 Å². The van der Waals surface area contributed by atoms with E-state index in [2.05, 4.69) is 0 Å². The molecule has 2 fully saturated rings. The molecule has 5 heteroatoms. The molecule has 0 unspecified atom stereocenters. The molecule has 0 radical (unpaired) electrons. The number of rotatable bonds is 3. The monoisotopic (exact) mass is 303 g/mol. The van der Waals surface area contributed by atoms with Crippen molar-refractivity contribution in [1.29, 1.82) is 0 Å². The summed E-state index contributed by atoms with van der Waals surface area (Å²) in [5.74, 6) is -1.72. The number of hydrogen-bond donors (Lipinski definition) is 2. The van der Waals surface area contributed by atoms with E-state index < -0.39 is 23.4 Å². The smallest absolute Gasteiger partial charge is 0.309 e. The highest BCUT2D eigenvalue weighted by molar-refractivity contribution is 5.91. The predicted octanol–water partition coefficient (Wildman–Crippen LogP) is 1.32. The van der Waals surface area contributed by atoms with Crippen LogP contribution in [0.2, 0.25) is 0 Å². The summed E-state index contributed by atoms with van der Waals surface area (Å²) >= 11 is 0. The number of aliphatic hydroxyl groups excluding tert-OH is 1. The number of carboxylic acids is 1. The maximum absolute atomic E-state index is 12.9. The first-order valence-electron chi connectivity index (χ1n) is 7.71. The molecule has 0 bridgehead atoms. The van der Waals surface area contributed by atoms with E-state index in [-0.39, 0.29) is 12.5 Å². The van der Waals surface area contributed by atoms with Crippen molar-refractivity contribution in [2.24, 2.45) is 5.92 Å². The summed E-state index contributed by atoms with van der Waals surface area (Å²) in [5, 5.41) is 19.0. The Morgan fingerprint density at radius 2 is 1.86 bits per heavy atom. The van der Waals surface area contributed by atoms with E-state index >= 15 is 0 Å². The molecule has 0 aromatic heterocycles. The van der Waals surface area contributed by atoms with E-state index in [1.54, 1.807) is 4.90 Å². The van der Waals surface area contributed by atoms with Gasteiger partial charge in [-0.1, -0.05) is 29.8 Å². The third-order valence-corrected chi connectivity index (χ3v) is 4.95. The highest BCUT2D eigenvalue weighted by atomic mass is 16.4. The number of aryl methyl sites for hydroxylation is 1.